The van der Waals surface area contributed by atoms with Crippen LogP contribution in [0.15, 0.2) is 35.5 Å². The highest BCUT2D eigenvalue weighted by Crippen LogP contribution is 2.44. The van der Waals surface area contributed by atoms with E-state index in [1.165, 1.54) is 34.0 Å². The maximum Gasteiger partial charge on any atom is 0.234 e. The molecule has 6 rings (SSSR count). The van der Waals surface area contributed by atoms with Crippen LogP contribution >= 0.6 is 23.1 Å². The molecule has 8 heteroatoms. The highest BCUT2D eigenvalue weighted by atomic mass is 32.2. The summed E-state index contributed by atoms with van der Waals surface area (Å²) in [5.74, 6) is 2.50. The van der Waals surface area contributed by atoms with Crippen molar-refractivity contribution in [3.05, 3.63) is 46.6 Å². The third kappa shape index (κ3) is 3.51. The van der Waals surface area contributed by atoms with Gasteiger partial charge in [0.25, 0.3) is 0 Å². The normalized spacial score (nSPS) is 18.4. The Bertz CT molecular complexity index is 1290. The predicted molar refractivity (Wildman–Crippen MR) is 125 cm³/mol. The molecule has 2 aliphatic carbocycles. The van der Waals surface area contributed by atoms with Crippen molar-refractivity contribution < 1.29 is 4.79 Å². The van der Waals surface area contributed by atoms with Gasteiger partial charge in [-0.05, 0) is 55.7 Å². The molecule has 0 aliphatic heterocycles. The number of rotatable bonds is 5. The first-order chi connectivity index (χ1) is 15.2. The highest BCUT2D eigenvalue weighted by Gasteiger charge is 2.32. The van der Waals surface area contributed by atoms with Gasteiger partial charge in [-0.1, -0.05) is 36.9 Å². The summed E-state index contributed by atoms with van der Waals surface area (Å²) in [6, 6.07) is 9.54. The Hall–Kier alpha value is -2.45. The molecule has 31 heavy (non-hydrogen) atoms. The van der Waals surface area contributed by atoms with Gasteiger partial charge in [0, 0.05) is 16.5 Å². The largest absolute Gasteiger partial charge is 0.325 e. The Morgan fingerprint density at radius 3 is 2.87 bits per heavy atom. The topological polar surface area (TPSA) is 72.2 Å². The summed E-state index contributed by atoms with van der Waals surface area (Å²) < 4.78 is 2.13. The molecule has 0 radical (unpaired) electrons. The third-order valence-corrected chi connectivity index (χ3v) is 8.20. The first-order valence-corrected chi connectivity index (χ1v) is 12.6. The van der Waals surface area contributed by atoms with E-state index in [0.717, 1.165) is 58.7 Å². The van der Waals surface area contributed by atoms with Crippen LogP contribution in [0.2, 0.25) is 0 Å². The van der Waals surface area contributed by atoms with E-state index in [1.807, 2.05) is 41.7 Å². The standard InChI is InChI=1S/C23H23N5OS2/c1-13-7-10-16-17(11-13)31-22-19(16)21-26-27-23(28(21)20(25-22)14-8-9-14)30-12-18(29)24-15-5-3-2-4-6-15/h2-6,13-14H,7-12H2,1H3,(H,24,29). The number of para-hydroxylation sites is 1. The lowest BCUT2D eigenvalue weighted by Crippen LogP contribution is -2.14. The molecule has 6 nitrogen and oxygen atoms in total. The van der Waals surface area contributed by atoms with E-state index in [4.69, 9.17) is 4.98 Å². The molecule has 1 saturated carbocycles. The minimum absolute atomic E-state index is 0.0446. The van der Waals surface area contributed by atoms with E-state index in [0.29, 0.717) is 5.92 Å². The van der Waals surface area contributed by atoms with E-state index in [1.54, 1.807) is 0 Å². The lowest BCUT2D eigenvalue weighted by molar-refractivity contribution is -0.113. The number of aromatic nitrogens is 4. The number of hydrogen-bond donors (Lipinski definition) is 1. The van der Waals surface area contributed by atoms with Crippen molar-refractivity contribution in [1.82, 2.24) is 19.6 Å². The Balaban J connectivity index is 1.36. The zero-order valence-electron chi connectivity index (χ0n) is 17.3. The van der Waals surface area contributed by atoms with Crippen LogP contribution in [0.3, 0.4) is 0 Å². The lowest BCUT2D eigenvalue weighted by atomic mass is 9.89. The Morgan fingerprint density at radius 1 is 1.23 bits per heavy atom. The van der Waals surface area contributed by atoms with E-state index in [-0.39, 0.29) is 11.7 Å². The summed E-state index contributed by atoms with van der Waals surface area (Å²) in [7, 11) is 0. The van der Waals surface area contributed by atoms with Crippen LogP contribution in [-0.2, 0) is 17.6 Å². The molecule has 1 atom stereocenters. The van der Waals surface area contributed by atoms with Crippen molar-refractivity contribution in [3.63, 3.8) is 0 Å². The van der Waals surface area contributed by atoms with Crippen molar-refractivity contribution in [2.24, 2.45) is 5.92 Å². The number of amides is 1. The molecule has 1 aromatic carbocycles. The van der Waals surface area contributed by atoms with Crippen molar-refractivity contribution in [3.8, 4) is 0 Å². The summed E-state index contributed by atoms with van der Waals surface area (Å²) in [5, 5.41) is 14.0. The molecular weight excluding hydrogens is 426 g/mol. The van der Waals surface area contributed by atoms with Gasteiger partial charge in [-0.3, -0.25) is 9.20 Å². The third-order valence-electron chi connectivity index (χ3n) is 6.13. The van der Waals surface area contributed by atoms with E-state index >= 15 is 0 Å². The lowest BCUT2D eigenvalue weighted by Gasteiger charge is -2.17. The maximum absolute atomic E-state index is 12.5. The summed E-state index contributed by atoms with van der Waals surface area (Å²) >= 11 is 3.28. The number of fused-ring (bicyclic) bond motifs is 5. The van der Waals surface area contributed by atoms with Crippen molar-refractivity contribution in [2.75, 3.05) is 11.1 Å². The molecule has 3 heterocycles. The average Bonchev–Trinajstić information content (AvgIpc) is 3.43. The number of nitrogens with one attached hydrogen (secondary N) is 1. The molecule has 1 fully saturated rings. The van der Waals surface area contributed by atoms with Gasteiger partial charge in [-0.15, -0.1) is 21.5 Å². The quantitative estimate of drug-likeness (QED) is 0.431. The number of thiophene rings is 1. The Labute approximate surface area is 188 Å². The summed E-state index contributed by atoms with van der Waals surface area (Å²) in [6.07, 6.45) is 5.76. The first kappa shape index (κ1) is 19.3. The van der Waals surface area contributed by atoms with E-state index < -0.39 is 0 Å². The smallest absolute Gasteiger partial charge is 0.234 e. The zero-order valence-corrected chi connectivity index (χ0v) is 18.9. The Morgan fingerprint density at radius 2 is 2.06 bits per heavy atom. The molecule has 1 amide bonds. The minimum atomic E-state index is -0.0446. The molecule has 158 valence electrons. The number of anilines is 1. The zero-order chi connectivity index (χ0) is 20.9. The monoisotopic (exact) mass is 449 g/mol. The first-order valence-electron chi connectivity index (χ1n) is 10.8. The number of carbonyl (C=O) groups is 1. The van der Waals surface area contributed by atoms with Crippen LogP contribution in [0.1, 0.15) is 48.4 Å². The number of benzene rings is 1. The molecule has 0 saturated heterocycles. The van der Waals surface area contributed by atoms with Gasteiger partial charge >= 0.3 is 0 Å². The van der Waals surface area contributed by atoms with Gasteiger partial charge in [0.05, 0.1) is 11.1 Å². The molecule has 2 aliphatic rings. The Kier molecular flexibility index (Phi) is 4.72. The van der Waals surface area contributed by atoms with Crippen LogP contribution in [0.25, 0.3) is 15.9 Å². The fraction of sp³-hybridized carbons (Fsp3) is 0.391. The second-order valence-electron chi connectivity index (χ2n) is 8.62. The van der Waals surface area contributed by atoms with Gasteiger partial charge in [-0.25, -0.2) is 4.98 Å². The van der Waals surface area contributed by atoms with E-state index in [9.17, 15) is 4.79 Å². The van der Waals surface area contributed by atoms with Crippen LogP contribution in [0.4, 0.5) is 5.69 Å². The minimum Gasteiger partial charge on any atom is -0.325 e. The number of carbonyl (C=O) groups excluding carboxylic acids is 1. The van der Waals surface area contributed by atoms with Gasteiger partial charge < -0.3 is 5.32 Å². The average molecular weight is 450 g/mol. The van der Waals surface area contributed by atoms with Crippen molar-refractivity contribution >= 4 is 50.6 Å². The maximum atomic E-state index is 12.5. The summed E-state index contributed by atoms with van der Waals surface area (Å²) in [4.78, 5) is 20.2. The van der Waals surface area contributed by atoms with Gasteiger partial charge in [0.1, 0.15) is 10.7 Å². The molecule has 3 aromatic heterocycles. The molecule has 0 spiro atoms. The van der Waals surface area contributed by atoms with Crippen LogP contribution in [-0.4, -0.2) is 31.2 Å². The van der Waals surface area contributed by atoms with Crippen LogP contribution in [0, 0.1) is 5.92 Å². The number of thioether (sulfide) groups is 1. The summed E-state index contributed by atoms with van der Waals surface area (Å²) in [5.41, 5.74) is 3.15. The SMILES string of the molecule is CC1CCc2c(sc3nc(C4CC4)n4c(SCC(=O)Nc5ccccc5)nnc4c23)C1. The molecule has 4 aromatic rings. The second kappa shape index (κ2) is 7.60. The predicted octanol–water partition coefficient (Wildman–Crippen LogP) is 5.07. The fourth-order valence-electron chi connectivity index (χ4n) is 4.40. The fourth-order valence-corrected chi connectivity index (χ4v) is 6.52. The van der Waals surface area contributed by atoms with Gasteiger partial charge in [0.15, 0.2) is 10.8 Å². The number of hydrogen-bond acceptors (Lipinski definition) is 6. The second-order valence-corrected chi connectivity index (χ2v) is 10.6. The van der Waals surface area contributed by atoms with Crippen LogP contribution in [0.5, 0.6) is 0 Å². The van der Waals surface area contributed by atoms with Crippen molar-refractivity contribution in [1.29, 1.82) is 0 Å². The van der Waals surface area contributed by atoms with Crippen molar-refractivity contribution in [2.45, 2.75) is 50.1 Å². The summed E-state index contributed by atoms with van der Waals surface area (Å²) in [6.45, 7) is 2.33. The number of aryl methyl sites for hydroxylation is 1. The van der Waals surface area contributed by atoms with Gasteiger partial charge in [0.2, 0.25) is 5.91 Å². The van der Waals surface area contributed by atoms with E-state index in [2.05, 4.69) is 26.8 Å². The van der Waals surface area contributed by atoms with Gasteiger partial charge in [-0.2, -0.15) is 0 Å². The molecule has 1 N–H and O–H groups in total. The number of nitrogens with zero attached hydrogens (tertiary/aromatic N) is 4. The molecular formula is C23H23N5OS2. The molecule has 1 unspecified atom stereocenters. The highest BCUT2D eigenvalue weighted by molar-refractivity contribution is 7.99. The van der Waals surface area contributed by atoms with Crippen LogP contribution < -0.4 is 5.32 Å². The molecule has 0 bridgehead atoms.